The average molecular weight is 228 g/mol. The Hall–Kier alpha value is -2.81. The average Bonchev–Trinajstić information content (AvgIpc) is 2.36. The molecule has 0 aliphatic rings. The number of nitrogens with two attached hydrogens (primary N) is 1. The number of para-hydroxylation sites is 1. The fourth-order valence-corrected chi connectivity index (χ4v) is 1.45. The van der Waals surface area contributed by atoms with Crippen LogP contribution in [0.1, 0.15) is 5.56 Å². The molecule has 0 spiro atoms. The molecule has 2 rings (SSSR count). The summed E-state index contributed by atoms with van der Waals surface area (Å²) < 4.78 is 1.65. The maximum Gasteiger partial charge on any atom is 0.354 e. The summed E-state index contributed by atoms with van der Waals surface area (Å²) in [6.07, 6.45) is 1.30. The van der Waals surface area contributed by atoms with Gasteiger partial charge in [0, 0.05) is 12.3 Å². The van der Waals surface area contributed by atoms with Crippen LogP contribution in [0.15, 0.2) is 46.1 Å². The summed E-state index contributed by atoms with van der Waals surface area (Å²) in [6.45, 7) is 0. The third-order valence-corrected chi connectivity index (χ3v) is 2.30. The molecule has 1 aromatic carbocycles. The molecule has 17 heavy (non-hydrogen) atoms. The molecule has 0 atom stereocenters. The predicted molar refractivity (Wildman–Crippen MR) is 61.2 cm³/mol. The molecule has 6 nitrogen and oxygen atoms in total. The number of nitrogens with zero attached hydrogens (tertiary/aromatic N) is 3. The minimum Gasteiger partial charge on any atom is -0.332 e. The van der Waals surface area contributed by atoms with Gasteiger partial charge in [0.2, 0.25) is 0 Å². The Morgan fingerprint density at radius 1 is 1.18 bits per heavy atom. The van der Waals surface area contributed by atoms with Gasteiger partial charge < -0.3 is 5.84 Å². The lowest BCUT2D eigenvalue weighted by atomic mass is 10.2. The minimum absolute atomic E-state index is 0.327. The normalized spacial score (nSPS) is 9.82. The third-order valence-electron chi connectivity index (χ3n) is 2.30. The summed E-state index contributed by atoms with van der Waals surface area (Å²) >= 11 is 0. The first kappa shape index (κ1) is 10.7. The Balaban J connectivity index is 2.80. The number of rotatable bonds is 1. The smallest absolute Gasteiger partial charge is 0.332 e. The van der Waals surface area contributed by atoms with Crippen LogP contribution in [0.25, 0.3) is 5.69 Å². The summed E-state index contributed by atoms with van der Waals surface area (Å²) in [5, 5.41) is 8.93. The molecule has 0 saturated heterocycles. The van der Waals surface area contributed by atoms with Gasteiger partial charge in [-0.05, 0) is 12.1 Å². The van der Waals surface area contributed by atoms with Crippen molar-refractivity contribution in [3.8, 4) is 11.8 Å². The highest BCUT2D eigenvalue weighted by atomic mass is 16.2. The molecular formula is C11H8N4O2. The number of hydrogen-bond acceptors (Lipinski definition) is 4. The quantitative estimate of drug-likeness (QED) is 0.671. The van der Waals surface area contributed by atoms with Crippen LogP contribution < -0.4 is 17.1 Å². The van der Waals surface area contributed by atoms with Gasteiger partial charge in [-0.15, -0.1) is 0 Å². The van der Waals surface area contributed by atoms with Crippen molar-refractivity contribution in [3.05, 3.63) is 62.9 Å². The number of hydrogen-bond donors (Lipinski definition) is 1. The van der Waals surface area contributed by atoms with Gasteiger partial charge in [0.15, 0.2) is 0 Å². The zero-order valence-electron chi connectivity index (χ0n) is 8.70. The largest absolute Gasteiger partial charge is 0.354 e. The summed E-state index contributed by atoms with van der Waals surface area (Å²) in [5.74, 6) is 5.30. The Labute approximate surface area is 95.7 Å². The second-order valence-electron chi connectivity index (χ2n) is 3.31. The molecule has 0 aliphatic heterocycles. The standard InChI is InChI=1S/C11H8N4O2/c12-7-8-3-1-2-4-9(8)14-6-5-10(16)15(13)11(14)17/h1-6H,13H2. The predicted octanol–water partition coefficient (Wildman–Crippen LogP) is -0.415. The van der Waals surface area contributed by atoms with E-state index in [2.05, 4.69) is 0 Å². The molecule has 0 amide bonds. The molecule has 84 valence electrons. The molecule has 0 unspecified atom stereocenters. The number of nitrogen functional groups attached to an aromatic ring is 1. The summed E-state index contributed by atoms with van der Waals surface area (Å²) in [7, 11) is 0. The van der Waals surface area contributed by atoms with Crippen LogP contribution in [0, 0.1) is 11.3 Å². The van der Waals surface area contributed by atoms with Crippen molar-refractivity contribution in [2.45, 2.75) is 0 Å². The highest BCUT2D eigenvalue weighted by Gasteiger charge is 2.07. The van der Waals surface area contributed by atoms with Crippen LogP contribution in [-0.4, -0.2) is 9.24 Å². The van der Waals surface area contributed by atoms with E-state index < -0.39 is 11.2 Å². The number of benzene rings is 1. The minimum atomic E-state index is -0.694. The lowest BCUT2D eigenvalue weighted by Crippen LogP contribution is -2.43. The summed E-state index contributed by atoms with van der Waals surface area (Å²) in [4.78, 5) is 22.9. The highest BCUT2D eigenvalue weighted by Crippen LogP contribution is 2.10. The molecule has 6 heteroatoms. The van der Waals surface area contributed by atoms with Gasteiger partial charge in [-0.2, -0.15) is 9.94 Å². The molecule has 0 aliphatic carbocycles. The second kappa shape index (κ2) is 3.98. The van der Waals surface area contributed by atoms with Gasteiger partial charge in [0.05, 0.1) is 11.3 Å². The molecule has 2 N–H and O–H groups in total. The van der Waals surface area contributed by atoms with Crippen molar-refractivity contribution >= 4 is 0 Å². The first-order chi connectivity index (χ1) is 8.15. The van der Waals surface area contributed by atoms with Gasteiger partial charge in [-0.3, -0.25) is 9.36 Å². The first-order valence-corrected chi connectivity index (χ1v) is 4.74. The third kappa shape index (κ3) is 1.70. The van der Waals surface area contributed by atoms with E-state index in [4.69, 9.17) is 11.1 Å². The van der Waals surface area contributed by atoms with E-state index in [0.29, 0.717) is 15.9 Å². The second-order valence-corrected chi connectivity index (χ2v) is 3.31. The van der Waals surface area contributed by atoms with Gasteiger partial charge >= 0.3 is 5.69 Å². The van der Waals surface area contributed by atoms with Crippen molar-refractivity contribution in [3.63, 3.8) is 0 Å². The fraction of sp³-hybridized carbons (Fsp3) is 0. The zero-order chi connectivity index (χ0) is 12.4. The van der Waals surface area contributed by atoms with Crippen LogP contribution in [0.5, 0.6) is 0 Å². The molecular weight excluding hydrogens is 220 g/mol. The van der Waals surface area contributed by atoms with E-state index in [1.165, 1.54) is 6.20 Å². The zero-order valence-corrected chi connectivity index (χ0v) is 8.70. The topological polar surface area (TPSA) is 93.8 Å². The van der Waals surface area contributed by atoms with Crippen molar-refractivity contribution < 1.29 is 0 Å². The van der Waals surface area contributed by atoms with Crippen LogP contribution in [0.4, 0.5) is 0 Å². The van der Waals surface area contributed by atoms with Gasteiger partial charge in [0.1, 0.15) is 6.07 Å². The van der Waals surface area contributed by atoms with E-state index in [-0.39, 0.29) is 0 Å². The van der Waals surface area contributed by atoms with Gasteiger partial charge in [0.25, 0.3) is 5.56 Å². The van der Waals surface area contributed by atoms with E-state index in [9.17, 15) is 9.59 Å². The number of nitriles is 1. The maximum absolute atomic E-state index is 11.7. The monoisotopic (exact) mass is 228 g/mol. The van der Waals surface area contributed by atoms with E-state index >= 15 is 0 Å². The van der Waals surface area contributed by atoms with Crippen molar-refractivity contribution in [2.24, 2.45) is 0 Å². The molecule has 0 fully saturated rings. The van der Waals surface area contributed by atoms with Crippen LogP contribution in [0.2, 0.25) is 0 Å². The molecule has 0 saturated carbocycles. The molecule has 1 aromatic heterocycles. The lowest BCUT2D eigenvalue weighted by molar-refractivity contribution is 0.770. The van der Waals surface area contributed by atoms with Crippen LogP contribution in [0.3, 0.4) is 0 Å². The Morgan fingerprint density at radius 3 is 2.59 bits per heavy atom. The van der Waals surface area contributed by atoms with Gasteiger partial charge in [-0.25, -0.2) is 4.79 Å². The van der Waals surface area contributed by atoms with E-state index in [1.54, 1.807) is 24.3 Å². The Bertz CT molecular complexity index is 721. The lowest BCUT2D eigenvalue weighted by Gasteiger charge is -2.07. The summed E-state index contributed by atoms with van der Waals surface area (Å²) in [6, 6.07) is 9.68. The Morgan fingerprint density at radius 2 is 1.88 bits per heavy atom. The highest BCUT2D eigenvalue weighted by molar-refractivity contribution is 5.48. The van der Waals surface area contributed by atoms with E-state index in [0.717, 1.165) is 10.6 Å². The van der Waals surface area contributed by atoms with Crippen molar-refractivity contribution in [1.82, 2.24) is 9.24 Å². The van der Waals surface area contributed by atoms with Crippen LogP contribution >= 0.6 is 0 Å². The molecule has 0 bridgehead atoms. The van der Waals surface area contributed by atoms with Crippen LogP contribution in [-0.2, 0) is 0 Å². The van der Waals surface area contributed by atoms with Crippen molar-refractivity contribution in [1.29, 1.82) is 5.26 Å². The Kier molecular flexibility index (Phi) is 2.51. The van der Waals surface area contributed by atoms with E-state index in [1.807, 2.05) is 6.07 Å². The summed E-state index contributed by atoms with van der Waals surface area (Å²) in [5.41, 5.74) is -0.576. The van der Waals surface area contributed by atoms with Crippen molar-refractivity contribution in [2.75, 3.05) is 5.84 Å². The number of aromatic nitrogens is 2. The molecule has 1 heterocycles. The molecule has 2 aromatic rings. The maximum atomic E-state index is 11.7. The fourth-order valence-electron chi connectivity index (χ4n) is 1.45. The van der Waals surface area contributed by atoms with Gasteiger partial charge in [-0.1, -0.05) is 12.1 Å². The molecule has 0 radical (unpaired) electrons. The first-order valence-electron chi connectivity index (χ1n) is 4.74. The SMILES string of the molecule is N#Cc1ccccc1-n1ccc(=O)n(N)c1=O.